The average Bonchev–Trinajstić information content (AvgIpc) is 2.76. The van der Waals surface area contributed by atoms with Crippen LogP contribution in [0.15, 0.2) is 5.16 Å². The monoisotopic (exact) mass is 228 g/mol. The molecule has 5 N–H and O–H groups in total. The van der Waals surface area contributed by atoms with E-state index in [1.807, 2.05) is 0 Å². The zero-order valence-electron chi connectivity index (χ0n) is 9.41. The maximum atomic E-state index is 11.4. The van der Waals surface area contributed by atoms with Crippen LogP contribution in [0.5, 0.6) is 0 Å². The smallest absolute Gasteiger partial charge is 0.315 e. The number of carbonyl (C=O) groups is 1. The van der Waals surface area contributed by atoms with E-state index in [9.17, 15) is 4.79 Å². The molecule has 92 valence electrons. The third-order valence-corrected chi connectivity index (χ3v) is 2.71. The van der Waals surface area contributed by atoms with E-state index in [-0.39, 0.29) is 11.9 Å². The quantitative estimate of drug-likeness (QED) is 0.184. The van der Waals surface area contributed by atoms with Gasteiger partial charge in [0, 0.05) is 19.0 Å². The largest absolute Gasteiger partial charge is 0.409 e. The molecular weight excluding hydrogens is 208 g/mol. The van der Waals surface area contributed by atoms with Crippen molar-refractivity contribution in [3.63, 3.8) is 0 Å². The summed E-state index contributed by atoms with van der Waals surface area (Å²) in [5, 5.41) is 16.8. The molecule has 1 fully saturated rings. The van der Waals surface area contributed by atoms with E-state index in [1.165, 1.54) is 12.8 Å². The first kappa shape index (κ1) is 12.6. The van der Waals surface area contributed by atoms with Gasteiger partial charge in [-0.2, -0.15) is 0 Å². The van der Waals surface area contributed by atoms with E-state index in [4.69, 9.17) is 10.9 Å². The van der Waals surface area contributed by atoms with Gasteiger partial charge < -0.3 is 21.6 Å². The van der Waals surface area contributed by atoms with Gasteiger partial charge in [-0.25, -0.2) is 4.79 Å². The number of nitrogens with two attached hydrogens (primary N) is 1. The number of nitrogens with one attached hydrogen (secondary N) is 2. The third kappa shape index (κ3) is 4.86. The van der Waals surface area contributed by atoms with Crippen LogP contribution in [-0.2, 0) is 0 Å². The van der Waals surface area contributed by atoms with E-state index in [1.54, 1.807) is 0 Å². The first-order chi connectivity index (χ1) is 7.72. The van der Waals surface area contributed by atoms with Gasteiger partial charge in [-0.05, 0) is 19.3 Å². The maximum Gasteiger partial charge on any atom is 0.315 e. The average molecular weight is 228 g/mol. The van der Waals surface area contributed by atoms with Gasteiger partial charge in [-0.3, -0.25) is 0 Å². The van der Waals surface area contributed by atoms with Crippen molar-refractivity contribution in [2.24, 2.45) is 10.9 Å². The molecule has 1 saturated carbocycles. The lowest BCUT2D eigenvalue weighted by Crippen LogP contribution is -2.41. The summed E-state index contributed by atoms with van der Waals surface area (Å²) in [5.74, 6) is 0.193. The van der Waals surface area contributed by atoms with Crippen molar-refractivity contribution in [2.75, 3.05) is 6.54 Å². The van der Waals surface area contributed by atoms with Crippen molar-refractivity contribution >= 4 is 11.9 Å². The Labute approximate surface area is 95.3 Å². The Morgan fingerprint density at radius 2 is 2.12 bits per heavy atom. The molecule has 0 atom stereocenters. The molecule has 6 nitrogen and oxygen atoms in total. The van der Waals surface area contributed by atoms with E-state index >= 15 is 0 Å². The highest BCUT2D eigenvalue weighted by atomic mass is 16.4. The summed E-state index contributed by atoms with van der Waals surface area (Å²) in [6.45, 7) is 0.536. The van der Waals surface area contributed by atoms with Gasteiger partial charge in [0.2, 0.25) is 0 Å². The first-order valence-electron chi connectivity index (χ1n) is 5.73. The lowest BCUT2D eigenvalue weighted by Gasteiger charge is -2.12. The number of carbonyl (C=O) groups excluding carboxylic acids is 1. The lowest BCUT2D eigenvalue weighted by atomic mass is 10.2. The number of amides is 2. The van der Waals surface area contributed by atoms with Crippen LogP contribution >= 0.6 is 0 Å². The molecule has 0 heterocycles. The van der Waals surface area contributed by atoms with Crippen molar-refractivity contribution in [1.82, 2.24) is 10.6 Å². The number of urea groups is 1. The fraction of sp³-hybridized carbons (Fsp3) is 0.800. The minimum Gasteiger partial charge on any atom is -0.409 e. The summed E-state index contributed by atoms with van der Waals surface area (Å²) in [4.78, 5) is 11.4. The summed E-state index contributed by atoms with van der Waals surface area (Å²) in [7, 11) is 0. The fourth-order valence-electron chi connectivity index (χ4n) is 1.83. The zero-order chi connectivity index (χ0) is 11.8. The predicted octanol–water partition coefficient (Wildman–Crippen LogP) is 0.755. The number of rotatable bonds is 5. The van der Waals surface area contributed by atoms with Crippen molar-refractivity contribution in [3.05, 3.63) is 0 Å². The molecule has 2 amide bonds. The molecule has 1 aliphatic rings. The first-order valence-corrected chi connectivity index (χ1v) is 5.73. The molecule has 1 rings (SSSR count). The van der Waals surface area contributed by atoms with Crippen molar-refractivity contribution < 1.29 is 10.0 Å². The molecule has 0 radical (unpaired) electrons. The van der Waals surface area contributed by atoms with E-state index in [0.717, 1.165) is 12.8 Å². The van der Waals surface area contributed by atoms with Gasteiger partial charge in [0.15, 0.2) is 0 Å². The summed E-state index contributed by atoms with van der Waals surface area (Å²) >= 11 is 0. The Balaban J connectivity index is 2.01. The van der Waals surface area contributed by atoms with Crippen LogP contribution < -0.4 is 16.4 Å². The highest BCUT2D eigenvalue weighted by Gasteiger charge is 2.16. The van der Waals surface area contributed by atoms with Gasteiger partial charge in [0.05, 0.1) is 0 Å². The van der Waals surface area contributed by atoms with E-state index < -0.39 is 0 Å². The summed E-state index contributed by atoms with van der Waals surface area (Å²) < 4.78 is 0. The van der Waals surface area contributed by atoms with E-state index in [2.05, 4.69) is 15.8 Å². The predicted molar refractivity (Wildman–Crippen MR) is 61.4 cm³/mol. The number of amidine groups is 1. The molecule has 16 heavy (non-hydrogen) atoms. The molecule has 6 heteroatoms. The Hall–Kier alpha value is -1.46. The topological polar surface area (TPSA) is 99.7 Å². The Morgan fingerprint density at radius 1 is 1.44 bits per heavy atom. The van der Waals surface area contributed by atoms with Crippen molar-refractivity contribution in [2.45, 2.75) is 44.6 Å². The maximum absolute atomic E-state index is 11.4. The highest BCUT2D eigenvalue weighted by molar-refractivity contribution is 5.79. The van der Waals surface area contributed by atoms with Crippen LogP contribution in [0.2, 0.25) is 0 Å². The molecule has 0 saturated heterocycles. The molecule has 0 aromatic carbocycles. The zero-order valence-corrected chi connectivity index (χ0v) is 9.41. The molecular formula is C10H20N4O2. The highest BCUT2D eigenvalue weighted by Crippen LogP contribution is 2.17. The number of hydrogen-bond donors (Lipinski definition) is 4. The van der Waals surface area contributed by atoms with Crippen LogP contribution in [0.25, 0.3) is 0 Å². The van der Waals surface area contributed by atoms with Gasteiger partial charge in [0.25, 0.3) is 0 Å². The third-order valence-electron chi connectivity index (χ3n) is 2.71. The molecule has 0 bridgehead atoms. The van der Waals surface area contributed by atoms with Crippen LogP contribution in [0.1, 0.15) is 38.5 Å². The van der Waals surface area contributed by atoms with Gasteiger partial charge in [-0.15, -0.1) is 0 Å². The molecule has 0 spiro atoms. The van der Waals surface area contributed by atoms with Crippen LogP contribution in [0.3, 0.4) is 0 Å². The van der Waals surface area contributed by atoms with E-state index in [0.29, 0.717) is 25.4 Å². The van der Waals surface area contributed by atoms with Crippen molar-refractivity contribution in [1.29, 1.82) is 0 Å². The Morgan fingerprint density at radius 3 is 2.75 bits per heavy atom. The van der Waals surface area contributed by atoms with Gasteiger partial charge in [-0.1, -0.05) is 18.0 Å². The minimum absolute atomic E-state index is 0.119. The molecule has 0 aliphatic heterocycles. The standard InChI is InChI=1S/C10H20N4O2/c11-9(14-16)6-3-7-12-10(15)13-8-4-1-2-5-8/h8,16H,1-7H2,(H2,11,14)(H2,12,13,15). The number of oxime groups is 1. The SMILES string of the molecule is NC(CCCNC(=O)NC1CCCC1)=NO. The molecule has 0 unspecified atom stereocenters. The van der Waals surface area contributed by atoms with Gasteiger partial charge in [0.1, 0.15) is 5.84 Å². The van der Waals surface area contributed by atoms with Crippen molar-refractivity contribution in [3.8, 4) is 0 Å². The van der Waals surface area contributed by atoms with Gasteiger partial charge >= 0.3 is 6.03 Å². The fourth-order valence-corrected chi connectivity index (χ4v) is 1.83. The summed E-state index contributed by atoms with van der Waals surface area (Å²) in [6.07, 6.45) is 5.73. The Kier molecular flexibility index (Phi) is 5.45. The number of nitrogens with zero attached hydrogens (tertiary/aromatic N) is 1. The Bertz CT molecular complexity index is 249. The molecule has 1 aliphatic carbocycles. The summed E-state index contributed by atoms with van der Waals surface area (Å²) in [5.41, 5.74) is 5.29. The summed E-state index contributed by atoms with van der Waals surface area (Å²) in [6, 6.07) is 0.218. The van der Waals surface area contributed by atoms with Crippen LogP contribution in [-0.4, -0.2) is 29.7 Å². The second-order valence-electron chi connectivity index (χ2n) is 4.08. The second-order valence-corrected chi connectivity index (χ2v) is 4.08. The van der Waals surface area contributed by atoms with Crippen LogP contribution in [0, 0.1) is 0 Å². The molecule has 0 aromatic rings. The number of hydrogen-bond acceptors (Lipinski definition) is 3. The normalized spacial score (nSPS) is 17.4. The van der Waals surface area contributed by atoms with Crippen LogP contribution in [0.4, 0.5) is 4.79 Å². The lowest BCUT2D eigenvalue weighted by molar-refractivity contribution is 0.237. The molecule has 0 aromatic heterocycles. The second kappa shape index (κ2) is 6.92. The minimum atomic E-state index is -0.119.